The Morgan fingerprint density at radius 3 is 2.86 bits per heavy atom. The van der Waals surface area contributed by atoms with Crippen molar-refractivity contribution in [3.63, 3.8) is 0 Å². The zero-order valence-electron chi connectivity index (χ0n) is 13.3. The highest BCUT2D eigenvalue weighted by Gasteiger charge is 2.40. The molecule has 0 bridgehead atoms. The Kier molecular flexibility index (Phi) is 7.85. The van der Waals surface area contributed by atoms with Crippen LogP contribution < -0.4 is 5.32 Å². The molecule has 1 aliphatic carbocycles. The third-order valence-corrected chi connectivity index (χ3v) is 3.88. The molecule has 1 aromatic rings. The molecule has 0 heterocycles. The Morgan fingerprint density at radius 2 is 2.23 bits per heavy atom. The van der Waals surface area contributed by atoms with Gasteiger partial charge in [-0.3, -0.25) is 4.99 Å². The number of rotatable bonds is 6. The van der Waals surface area contributed by atoms with Crippen LogP contribution in [0.15, 0.2) is 41.9 Å². The van der Waals surface area contributed by atoms with Crippen molar-refractivity contribution in [1.82, 2.24) is 10.2 Å². The van der Waals surface area contributed by atoms with Gasteiger partial charge in [-0.2, -0.15) is 0 Å². The number of aliphatic imine (C=N–C) groups is 1. The molecule has 1 fully saturated rings. The average Bonchev–Trinajstić information content (AvgIpc) is 3.24. The van der Waals surface area contributed by atoms with Crippen molar-refractivity contribution in [2.24, 2.45) is 4.99 Å². The Hall–Kier alpha value is -1.11. The van der Waals surface area contributed by atoms with Crippen LogP contribution in [0.1, 0.15) is 30.7 Å². The normalized spacial score (nSPS) is 20.0. The number of nitrogens with zero attached hydrogens (tertiary/aromatic N) is 2. The summed E-state index contributed by atoms with van der Waals surface area (Å²) in [5.74, 6) is 1.02. The van der Waals surface area contributed by atoms with Crippen LogP contribution in [0.5, 0.6) is 0 Å². The van der Waals surface area contributed by atoms with Gasteiger partial charge in [0.15, 0.2) is 5.96 Å². The summed E-state index contributed by atoms with van der Waals surface area (Å²) in [7, 11) is 3.81. The molecule has 1 N–H and O–H groups in total. The lowest BCUT2D eigenvalue weighted by Crippen LogP contribution is -2.40. The summed E-state index contributed by atoms with van der Waals surface area (Å²) in [6, 6.07) is 7.31. The molecular weight excluding hydrogens is 392 g/mol. The SMILES string of the molecule is C=CCCCN(C)C(=NC)NC1CC1c1ccccc1F.I. The van der Waals surface area contributed by atoms with E-state index in [1.54, 1.807) is 13.1 Å². The number of hydrogen-bond donors (Lipinski definition) is 1. The zero-order valence-corrected chi connectivity index (χ0v) is 15.6. The molecule has 0 saturated heterocycles. The van der Waals surface area contributed by atoms with E-state index in [1.165, 1.54) is 6.07 Å². The van der Waals surface area contributed by atoms with Gasteiger partial charge in [-0.05, 0) is 30.9 Å². The molecule has 3 nitrogen and oxygen atoms in total. The Morgan fingerprint density at radius 1 is 1.50 bits per heavy atom. The van der Waals surface area contributed by atoms with Crippen LogP contribution in [0.3, 0.4) is 0 Å². The van der Waals surface area contributed by atoms with E-state index in [2.05, 4.69) is 21.8 Å². The first-order valence-corrected chi connectivity index (χ1v) is 7.47. The van der Waals surface area contributed by atoms with Crippen molar-refractivity contribution < 1.29 is 4.39 Å². The Balaban J connectivity index is 0.00000242. The van der Waals surface area contributed by atoms with Gasteiger partial charge >= 0.3 is 0 Å². The fraction of sp³-hybridized carbons (Fsp3) is 0.471. The van der Waals surface area contributed by atoms with Crippen LogP contribution in [0.2, 0.25) is 0 Å². The summed E-state index contributed by atoms with van der Waals surface area (Å²) in [4.78, 5) is 6.42. The highest BCUT2D eigenvalue weighted by Crippen LogP contribution is 2.41. The van der Waals surface area contributed by atoms with Gasteiger partial charge in [0.2, 0.25) is 0 Å². The summed E-state index contributed by atoms with van der Waals surface area (Å²) in [5, 5.41) is 3.43. The number of nitrogens with one attached hydrogen (secondary N) is 1. The first kappa shape index (κ1) is 18.9. The van der Waals surface area contributed by atoms with E-state index < -0.39 is 0 Å². The van der Waals surface area contributed by atoms with E-state index in [4.69, 9.17) is 0 Å². The highest BCUT2D eigenvalue weighted by molar-refractivity contribution is 14.0. The quantitative estimate of drug-likeness (QED) is 0.251. The molecular formula is C17H25FIN3. The second kappa shape index (κ2) is 9.12. The van der Waals surface area contributed by atoms with Gasteiger partial charge in [0.1, 0.15) is 5.82 Å². The van der Waals surface area contributed by atoms with Gasteiger partial charge in [-0.1, -0.05) is 24.3 Å². The van der Waals surface area contributed by atoms with Crippen molar-refractivity contribution in [1.29, 1.82) is 0 Å². The molecule has 5 heteroatoms. The maximum absolute atomic E-state index is 13.8. The molecule has 2 rings (SSSR count). The first-order valence-electron chi connectivity index (χ1n) is 7.47. The van der Waals surface area contributed by atoms with Crippen LogP contribution in [-0.4, -0.2) is 37.5 Å². The Bertz CT molecular complexity index is 518. The standard InChI is InChI=1S/C17H24FN3.HI/c1-4-5-8-11-21(3)17(19-2)20-16-12-14(16)13-9-6-7-10-15(13)18;/h4,6-7,9-10,14,16H,1,5,8,11-12H2,2-3H3,(H,19,20);1H. The molecule has 22 heavy (non-hydrogen) atoms. The molecule has 0 spiro atoms. The van der Waals surface area contributed by atoms with Gasteiger partial charge < -0.3 is 10.2 Å². The summed E-state index contributed by atoms with van der Waals surface area (Å²) in [6.07, 6.45) is 4.95. The van der Waals surface area contributed by atoms with Crippen molar-refractivity contribution in [2.45, 2.75) is 31.2 Å². The number of guanidine groups is 1. The predicted octanol–water partition coefficient (Wildman–Crippen LogP) is 3.77. The molecule has 1 aromatic carbocycles. The van der Waals surface area contributed by atoms with Gasteiger partial charge in [-0.25, -0.2) is 4.39 Å². The third-order valence-electron chi connectivity index (χ3n) is 3.88. The van der Waals surface area contributed by atoms with Gasteiger partial charge in [0.05, 0.1) is 0 Å². The van der Waals surface area contributed by atoms with Crippen molar-refractivity contribution in [3.8, 4) is 0 Å². The maximum atomic E-state index is 13.8. The van der Waals surface area contributed by atoms with E-state index in [1.807, 2.05) is 25.3 Å². The predicted molar refractivity (Wildman–Crippen MR) is 102 cm³/mol. The maximum Gasteiger partial charge on any atom is 0.193 e. The van der Waals surface area contributed by atoms with Gasteiger partial charge in [0, 0.05) is 32.6 Å². The largest absolute Gasteiger partial charge is 0.353 e. The number of allylic oxidation sites excluding steroid dienone is 1. The molecule has 0 aromatic heterocycles. The summed E-state index contributed by atoms with van der Waals surface area (Å²) in [6.45, 7) is 4.67. The van der Waals surface area contributed by atoms with Crippen molar-refractivity contribution >= 4 is 29.9 Å². The minimum Gasteiger partial charge on any atom is -0.353 e. The van der Waals surface area contributed by atoms with E-state index in [9.17, 15) is 4.39 Å². The minimum absolute atomic E-state index is 0. The summed E-state index contributed by atoms with van der Waals surface area (Å²) in [5.41, 5.74) is 0.805. The molecule has 0 amide bonds. The van der Waals surface area contributed by atoms with Crippen LogP contribution in [0.25, 0.3) is 0 Å². The van der Waals surface area contributed by atoms with Crippen LogP contribution in [-0.2, 0) is 0 Å². The van der Waals surface area contributed by atoms with Crippen molar-refractivity contribution in [3.05, 3.63) is 48.3 Å². The molecule has 0 radical (unpaired) electrons. The van der Waals surface area contributed by atoms with Gasteiger partial charge in [-0.15, -0.1) is 30.6 Å². The number of halogens is 2. The van der Waals surface area contributed by atoms with Crippen LogP contribution in [0.4, 0.5) is 4.39 Å². The molecule has 122 valence electrons. The zero-order chi connectivity index (χ0) is 15.2. The van der Waals surface area contributed by atoms with E-state index >= 15 is 0 Å². The third kappa shape index (κ3) is 4.97. The lowest BCUT2D eigenvalue weighted by atomic mass is 10.1. The Labute approximate surface area is 149 Å². The van der Waals surface area contributed by atoms with E-state index in [0.717, 1.165) is 37.3 Å². The monoisotopic (exact) mass is 417 g/mol. The number of benzene rings is 1. The van der Waals surface area contributed by atoms with Crippen molar-refractivity contribution in [2.75, 3.05) is 20.6 Å². The minimum atomic E-state index is -0.110. The first-order chi connectivity index (χ1) is 10.2. The molecule has 1 aliphatic rings. The summed E-state index contributed by atoms with van der Waals surface area (Å²) >= 11 is 0. The molecule has 2 atom stereocenters. The smallest absolute Gasteiger partial charge is 0.193 e. The number of unbranched alkanes of at least 4 members (excludes halogenated alkanes) is 1. The second-order valence-electron chi connectivity index (χ2n) is 5.51. The molecule has 0 aliphatic heterocycles. The van der Waals surface area contributed by atoms with E-state index in [0.29, 0.717) is 0 Å². The fourth-order valence-electron chi connectivity index (χ4n) is 2.56. The fourth-order valence-corrected chi connectivity index (χ4v) is 2.56. The second-order valence-corrected chi connectivity index (χ2v) is 5.51. The average molecular weight is 417 g/mol. The van der Waals surface area contributed by atoms with Crippen LogP contribution >= 0.6 is 24.0 Å². The van der Waals surface area contributed by atoms with Gasteiger partial charge in [0.25, 0.3) is 0 Å². The lowest BCUT2D eigenvalue weighted by Gasteiger charge is -2.22. The number of hydrogen-bond acceptors (Lipinski definition) is 1. The molecule has 2 unspecified atom stereocenters. The van der Waals surface area contributed by atoms with Crippen LogP contribution in [0, 0.1) is 5.82 Å². The lowest BCUT2D eigenvalue weighted by molar-refractivity contribution is 0.468. The highest BCUT2D eigenvalue weighted by atomic mass is 127. The summed E-state index contributed by atoms with van der Waals surface area (Å²) < 4.78 is 13.8. The molecule has 1 saturated carbocycles. The van der Waals surface area contributed by atoms with E-state index in [-0.39, 0.29) is 41.8 Å². The topological polar surface area (TPSA) is 27.6 Å².